The van der Waals surface area contributed by atoms with E-state index in [2.05, 4.69) is 20.9 Å². The van der Waals surface area contributed by atoms with Gasteiger partial charge in [-0.15, -0.1) is 5.10 Å². The van der Waals surface area contributed by atoms with Crippen molar-refractivity contribution in [1.82, 2.24) is 25.6 Å². The van der Waals surface area contributed by atoms with Crippen molar-refractivity contribution in [2.24, 2.45) is 0 Å². The fourth-order valence-electron chi connectivity index (χ4n) is 2.24. The van der Waals surface area contributed by atoms with Crippen LogP contribution in [0.15, 0.2) is 6.20 Å². The van der Waals surface area contributed by atoms with E-state index in [9.17, 15) is 14.7 Å². The van der Waals surface area contributed by atoms with Crippen molar-refractivity contribution in [1.29, 1.82) is 0 Å². The molecule has 1 aliphatic heterocycles. The van der Waals surface area contributed by atoms with Gasteiger partial charge in [0, 0.05) is 0 Å². The number of carboxylic acid groups (broad SMARTS) is 1. The lowest BCUT2D eigenvalue weighted by atomic mass is 9.99. The van der Waals surface area contributed by atoms with Crippen LogP contribution in [0.1, 0.15) is 49.6 Å². The van der Waals surface area contributed by atoms with Crippen LogP contribution in [0, 0.1) is 0 Å². The van der Waals surface area contributed by atoms with Gasteiger partial charge in [-0.3, -0.25) is 4.79 Å². The Morgan fingerprint density at radius 3 is 2.76 bits per heavy atom. The molecule has 0 spiro atoms. The highest BCUT2D eigenvalue weighted by Gasteiger charge is 2.34. The lowest BCUT2D eigenvalue weighted by Crippen LogP contribution is -2.51. The van der Waals surface area contributed by atoms with Crippen LogP contribution >= 0.6 is 0 Å². The van der Waals surface area contributed by atoms with Crippen LogP contribution in [0.2, 0.25) is 0 Å². The van der Waals surface area contributed by atoms with E-state index in [1.165, 1.54) is 6.92 Å². The molecule has 1 amide bonds. The van der Waals surface area contributed by atoms with Gasteiger partial charge in [0.05, 0.1) is 12.2 Å². The van der Waals surface area contributed by atoms with Crippen molar-refractivity contribution in [2.75, 3.05) is 13.1 Å². The fraction of sp³-hybridized carbons (Fsp3) is 0.692. The molecule has 0 bridgehead atoms. The summed E-state index contributed by atoms with van der Waals surface area (Å²) in [5.41, 5.74) is -1.15. The molecule has 1 aromatic rings. The third-order valence-electron chi connectivity index (χ3n) is 3.99. The summed E-state index contributed by atoms with van der Waals surface area (Å²) in [4.78, 5) is 23.3. The molecule has 2 rings (SSSR count). The summed E-state index contributed by atoms with van der Waals surface area (Å²) in [6.07, 6.45) is 3.75. The molecule has 0 saturated carbocycles. The van der Waals surface area contributed by atoms with Gasteiger partial charge < -0.3 is 15.7 Å². The second-order valence-electron chi connectivity index (χ2n) is 5.51. The maximum absolute atomic E-state index is 12.1. The zero-order chi connectivity index (χ0) is 15.5. The summed E-state index contributed by atoms with van der Waals surface area (Å²) in [5, 5.41) is 22.8. The molecule has 0 aliphatic carbocycles. The van der Waals surface area contributed by atoms with Crippen LogP contribution in [0.4, 0.5) is 0 Å². The molecule has 1 saturated heterocycles. The molecule has 1 aliphatic rings. The van der Waals surface area contributed by atoms with E-state index < -0.39 is 17.4 Å². The number of carbonyl (C=O) groups excluding carboxylic acids is 1. The van der Waals surface area contributed by atoms with E-state index in [-0.39, 0.29) is 18.2 Å². The summed E-state index contributed by atoms with van der Waals surface area (Å²) in [6, 6.07) is 0.234. The maximum atomic E-state index is 12.1. The number of rotatable bonds is 5. The molecule has 1 atom stereocenters. The topological polar surface area (TPSA) is 109 Å². The molecule has 1 aromatic heterocycles. The number of carbonyl (C=O) groups is 2. The number of hydrogen-bond donors (Lipinski definition) is 3. The average Bonchev–Trinajstić information content (AvgIpc) is 2.97. The molecule has 3 N–H and O–H groups in total. The second kappa shape index (κ2) is 6.21. The Labute approximate surface area is 122 Å². The number of aromatic nitrogens is 3. The molecule has 1 fully saturated rings. The predicted octanol–water partition coefficient (Wildman–Crippen LogP) is 0.186. The van der Waals surface area contributed by atoms with Gasteiger partial charge in [0.2, 0.25) is 0 Å². The lowest BCUT2D eigenvalue weighted by molar-refractivity contribution is -0.143. The minimum absolute atomic E-state index is 0.148. The molecular formula is C13H21N5O3. The highest BCUT2D eigenvalue weighted by atomic mass is 16.4. The van der Waals surface area contributed by atoms with E-state index >= 15 is 0 Å². The normalized spacial score (nSPS) is 19.0. The van der Waals surface area contributed by atoms with Gasteiger partial charge in [-0.25, -0.2) is 9.48 Å². The standard InChI is InChI=1S/C13H21N5O3/c1-3-13(2,12(20)21)15-11(19)10-8-18(17-16-10)9-4-6-14-7-5-9/h8-9,14H,3-7H2,1-2H3,(H,15,19)(H,20,21). The number of nitrogens with one attached hydrogen (secondary N) is 2. The van der Waals surface area contributed by atoms with Gasteiger partial charge in [0.1, 0.15) is 5.54 Å². The first-order valence-corrected chi connectivity index (χ1v) is 7.14. The summed E-state index contributed by atoms with van der Waals surface area (Å²) < 4.78 is 1.69. The number of amides is 1. The maximum Gasteiger partial charge on any atom is 0.329 e. The van der Waals surface area contributed by atoms with Gasteiger partial charge in [-0.1, -0.05) is 12.1 Å². The largest absolute Gasteiger partial charge is 0.480 e. The van der Waals surface area contributed by atoms with Gasteiger partial charge in [-0.2, -0.15) is 0 Å². The van der Waals surface area contributed by atoms with Crippen LogP contribution in [-0.4, -0.2) is 50.6 Å². The number of nitrogens with zero attached hydrogens (tertiary/aromatic N) is 3. The minimum Gasteiger partial charge on any atom is -0.480 e. The monoisotopic (exact) mass is 295 g/mol. The SMILES string of the molecule is CCC(C)(NC(=O)c1cn(C2CCNCC2)nn1)C(=O)O. The predicted molar refractivity (Wildman–Crippen MR) is 75.0 cm³/mol. The molecule has 8 heteroatoms. The van der Waals surface area contributed by atoms with E-state index in [4.69, 9.17) is 0 Å². The van der Waals surface area contributed by atoms with Crippen LogP contribution in [0.25, 0.3) is 0 Å². The third kappa shape index (κ3) is 3.38. The molecular weight excluding hydrogens is 274 g/mol. The van der Waals surface area contributed by atoms with Crippen LogP contribution < -0.4 is 10.6 Å². The van der Waals surface area contributed by atoms with E-state index in [1.807, 2.05) is 0 Å². The first kappa shape index (κ1) is 15.4. The molecule has 0 radical (unpaired) electrons. The molecule has 1 unspecified atom stereocenters. The third-order valence-corrected chi connectivity index (χ3v) is 3.99. The average molecular weight is 295 g/mol. The zero-order valence-electron chi connectivity index (χ0n) is 12.3. The lowest BCUT2D eigenvalue weighted by Gasteiger charge is -2.24. The Morgan fingerprint density at radius 2 is 2.19 bits per heavy atom. The Kier molecular flexibility index (Phi) is 4.56. The van der Waals surface area contributed by atoms with E-state index in [0.29, 0.717) is 0 Å². The minimum atomic E-state index is -1.30. The number of aliphatic carboxylic acids is 1. The Morgan fingerprint density at radius 1 is 1.52 bits per heavy atom. The molecule has 8 nitrogen and oxygen atoms in total. The molecule has 21 heavy (non-hydrogen) atoms. The number of hydrogen-bond acceptors (Lipinski definition) is 5. The summed E-state index contributed by atoms with van der Waals surface area (Å²) >= 11 is 0. The van der Waals surface area contributed by atoms with Gasteiger partial charge in [0.25, 0.3) is 5.91 Å². The Balaban J connectivity index is 2.06. The molecule has 116 valence electrons. The molecule has 0 aromatic carbocycles. The highest BCUT2D eigenvalue weighted by Crippen LogP contribution is 2.17. The van der Waals surface area contributed by atoms with Crippen LogP contribution in [0.5, 0.6) is 0 Å². The quantitative estimate of drug-likeness (QED) is 0.715. The van der Waals surface area contributed by atoms with Gasteiger partial charge >= 0.3 is 5.97 Å². The summed E-state index contributed by atoms with van der Waals surface area (Å²) in [5.74, 6) is -1.58. The van der Waals surface area contributed by atoms with Crippen molar-refractivity contribution in [2.45, 2.75) is 44.7 Å². The van der Waals surface area contributed by atoms with Crippen LogP contribution in [0.3, 0.4) is 0 Å². The van der Waals surface area contributed by atoms with Crippen molar-refractivity contribution < 1.29 is 14.7 Å². The second-order valence-corrected chi connectivity index (χ2v) is 5.51. The number of carboxylic acids is 1. The van der Waals surface area contributed by atoms with Crippen LogP contribution in [-0.2, 0) is 4.79 Å². The number of piperidine rings is 1. The highest BCUT2D eigenvalue weighted by molar-refractivity contribution is 5.95. The molecule has 2 heterocycles. The Hall–Kier alpha value is -1.96. The summed E-state index contributed by atoms with van der Waals surface area (Å²) in [6.45, 7) is 5.02. The van der Waals surface area contributed by atoms with Crippen molar-refractivity contribution in [3.8, 4) is 0 Å². The Bertz CT molecular complexity index is 524. The van der Waals surface area contributed by atoms with E-state index in [1.54, 1.807) is 17.8 Å². The summed E-state index contributed by atoms with van der Waals surface area (Å²) in [7, 11) is 0. The van der Waals surface area contributed by atoms with E-state index in [0.717, 1.165) is 25.9 Å². The fourth-order valence-corrected chi connectivity index (χ4v) is 2.24. The first-order valence-electron chi connectivity index (χ1n) is 7.14. The van der Waals surface area contributed by atoms with Gasteiger partial charge in [-0.05, 0) is 39.3 Å². The van der Waals surface area contributed by atoms with Crippen molar-refractivity contribution in [3.63, 3.8) is 0 Å². The van der Waals surface area contributed by atoms with Crippen molar-refractivity contribution in [3.05, 3.63) is 11.9 Å². The smallest absolute Gasteiger partial charge is 0.329 e. The first-order chi connectivity index (χ1) is 9.96. The van der Waals surface area contributed by atoms with Gasteiger partial charge in [0.15, 0.2) is 5.69 Å². The zero-order valence-corrected chi connectivity index (χ0v) is 12.3. The van der Waals surface area contributed by atoms with Crippen molar-refractivity contribution >= 4 is 11.9 Å².